The molecule has 0 spiro atoms. The van der Waals surface area contributed by atoms with Crippen molar-refractivity contribution in [1.82, 2.24) is 9.55 Å². The highest BCUT2D eigenvalue weighted by atomic mass is 35.5. The molecule has 0 fully saturated rings. The molecule has 0 aliphatic heterocycles. The van der Waals surface area contributed by atoms with Crippen molar-refractivity contribution in [3.05, 3.63) is 52.2 Å². The van der Waals surface area contributed by atoms with Gasteiger partial charge in [-0.25, -0.2) is 9.37 Å². The number of imidazole rings is 1. The van der Waals surface area contributed by atoms with Crippen LogP contribution in [0.5, 0.6) is 0 Å². The minimum Gasteiger partial charge on any atom is -0.319 e. The molecular formula is C14H12ClFN2S. The first-order chi connectivity index (χ1) is 9.22. The van der Waals surface area contributed by atoms with Crippen LogP contribution in [0.15, 0.2) is 35.0 Å². The van der Waals surface area contributed by atoms with Gasteiger partial charge in [-0.3, -0.25) is 0 Å². The minimum atomic E-state index is -0.305. The van der Waals surface area contributed by atoms with Crippen LogP contribution in [0.25, 0.3) is 11.0 Å². The molecule has 0 saturated heterocycles. The van der Waals surface area contributed by atoms with Crippen molar-refractivity contribution in [2.75, 3.05) is 0 Å². The Bertz CT molecular complexity index is 706. The maximum absolute atomic E-state index is 13.8. The summed E-state index contributed by atoms with van der Waals surface area (Å²) in [4.78, 5) is 4.32. The van der Waals surface area contributed by atoms with Crippen LogP contribution < -0.4 is 0 Å². The van der Waals surface area contributed by atoms with Crippen LogP contribution >= 0.6 is 22.9 Å². The lowest BCUT2D eigenvalue weighted by Crippen LogP contribution is -2.09. The van der Waals surface area contributed by atoms with Crippen molar-refractivity contribution >= 4 is 34.0 Å². The second-order valence-corrected chi connectivity index (χ2v) is 5.42. The van der Waals surface area contributed by atoms with Gasteiger partial charge in [-0.2, -0.15) is 11.3 Å². The maximum atomic E-state index is 13.8. The standard InChI is InChI=1S/C14H12ClFN2S/c1-9(10-5-6-19-8-10)18-12-4-2-3-11(16)14(12)17-13(18)7-15/h2-6,8-9H,7H2,1H3. The average molecular weight is 295 g/mol. The lowest BCUT2D eigenvalue weighted by atomic mass is 10.1. The second-order valence-electron chi connectivity index (χ2n) is 4.37. The average Bonchev–Trinajstić information content (AvgIpc) is 3.05. The first-order valence-electron chi connectivity index (χ1n) is 5.95. The van der Waals surface area contributed by atoms with E-state index in [9.17, 15) is 4.39 Å². The van der Waals surface area contributed by atoms with Crippen LogP contribution in [0.2, 0.25) is 0 Å². The van der Waals surface area contributed by atoms with Crippen molar-refractivity contribution in [3.63, 3.8) is 0 Å². The van der Waals surface area contributed by atoms with E-state index in [1.807, 2.05) is 16.0 Å². The summed E-state index contributed by atoms with van der Waals surface area (Å²) in [7, 11) is 0. The van der Waals surface area contributed by atoms with E-state index >= 15 is 0 Å². The SMILES string of the molecule is CC(c1ccsc1)n1c(CCl)nc2c(F)cccc21. The van der Waals surface area contributed by atoms with E-state index in [2.05, 4.69) is 23.4 Å². The Balaban J connectivity index is 2.24. The molecule has 5 heteroatoms. The van der Waals surface area contributed by atoms with E-state index in [0.29, 0.717) is 11.3 Å². The summed E-state index contributed by atoms with van der Waals surface area (Å²) in [6, 6.07) is 7.16. The van der Waals surface area contributed by atoms with Crippen molar-refractivity contribution in [2.24, 2.45) is 0 Å². The first-order valence-corrected chi connectivity index (χ1v) is 7.43. The topological polar surface area (TPSA) is 17.8 Å². The van der Waals surface area contributed by atoms with E-state index in [-0.39, 0.29) is 17.7 Å². The van der Waals surface area contributed by atoms with Gasteiger partial charge in [0.25, 0.3) is 0 Å². The number of hydrogen-bond acceptors (Lipinski definition) is 2. The number of rotatable bonds is 3. The number of hydrogen-bond donors (Lipinski definition) is 0. The molecule has 0 radical (unpaired) electrons. The molecule has 1 unspecified atom stereocenters. The predicted molar refractivity (Wildman–Crippen MR) is 77.4 cm³/mol. The molecule has 0 amide bonds. The number of nitrogens with zero attached hydrogens (tertiary/aromatic N) is 2. The lowest BCUT2D eigenvalue weighted by molar-refractivity contribution is 0.634. The smallest absolute Gasteiger partial charge is 0.151 e. The van der Waals surface area contributed by atoms with Crippen molar-refractivity contribution in [2.45, 2.75) is 18.8 Å². The molecule has 0 aliphatic rings. The Morgan fingerprint density at radius 2 is 2.26 bits per heavy atom. The van der Waals surface area contributed by atoms with Crippen molar-refractivity contribution < 1.29 is 4.39 Å². The molecule has 98 valence electrons. The summed E-state index contributed by atoms with van der Waals surface area (Å²) >= 11 is 7.60. The highest BCUT2D eigenvalue weighted by Gasteiger charge is 2.18. The number of thiophene rings is 1. The van der Waals surface area contributed by atoms with Crippen LogP contribution in [-0.4, -0.2) is 9.55 Å². The van der Waals surface area contributed by atoms with E-state index in [1.165, 1.54) is 11.6 Å². The van der Waals surface area contributed by atoms with E-state index in [4.69, 9.17) is 11.6 Å². The highest BCUT2D eigenvalue weighted by Crippen LogP contribution is 2.28. The summed E-state index contributed by atoms with van der Waals surface area (Å²) in [6.45, 7) is 2.07. The van der Waals surface area contributed by atoms with Crippen LogP contribution in [0.1, 0.15) is 24.4 Å². The van der Waals surface area contributed by atoms with Gasteiger partial charge in [0.2, 0.25) is 0 Å². The zero-order valence-corrected chi connectivity index (χ0v) is 11.9. The Labute approximate surface area is 119 Å². The normalized spacial score (nSPS) is 13.0. The Morgan fingerprint density at radius 3 is 2.95 bits per heavy atom. The number of alkyl halides is 1. The zero-order chi connectivity index (χ0) is 13.4. The molecule has 2 heterocycles. The summed E-state index contributed by atoms with van der Waals surface area (Å²) in [6.07, 6.45) is 0. The van der Waals surface area contributed by atoms with Crippen LogP contribution in [-0.2, 0) is 5.88 Å². The van der Waals surface area contributed by atoms with Crippen LogP contribution in [0.3, 0.4) is 0 Å². The van der Waals surface area contributed by atoms with Crippen LogP contribution in [0, 0.1) is 5.82 Å². The molecule has 1 atom stereocenters. The lowest BCUT2D eigenvalue weighted by Gasteiger charge is -2.15. The van der Waals surface area contributed by atoms with Crippen molar-refractivity contribution in [1.29, 1.82) is 0 Å². The largest absolute Gasteiger partial charge is 0.319 e. The van der Waals surface area contributed by atoms with Gasteiger partial charge >= 0.3 is 0 Å². The Hall–Kier alpha value is -1.39. The molecule has 1 aromatic carbocycles. The highest BCUT2D eigenvalue weighted by molar-refractivity contribution is 7.07. The van der Waals surface area contributed by atoms with Gasteiger partial charge in [0.1, 0.15) is 11.3 Å². The number of aromatic nitrogens is 2. The number of fused-ring (bicyclic) bond motifs is 1. The fourth-order valence-electron chi connectivity index (χ4n) is 2.32. The molecule has 2 aromatic heterocycles. The van der Waals surface area contributed by atoms with E-state index in [0.717, 1.165) is 5.52 Å². The van der Waals surface area contributed by atoms with Gasteiger partial charge in [-0.05, 0) is 41.4 Å². The molecule has 0 saturated carbocycles. The molecule has 0 aliphatic carbocycles. The summed E-state index contributed by atoms with van der Waals surface area (Å²) < 4.78 is 15.8. The molecule has 2 nitrogen and oxygen atoms in total. The number of para-hydroxylation sites is 1. The minimum absolute atomic E-state index is 0.0896. The quantitative estimate of drug-likeness (QED) is 0.646. The van der Waals surface area contributed by atoms with Gasteiger partial charge in [0.15, 0.2) is 5.82 Å². The molecule has 3 rings (SSSR count). The fourth-order valence-corrected chi connectivity index (χ4v) is 3.25. The van der Waals surface area contributed by atoms with Gasteiger partial charge in [-0.1, -0.05) is 6.07 Å². The Morgan fingerprint density at radius 1 is 1.42 bits per heavy atom. The third-order valence-electron chi connectivity index (χ3n) is 3.28. The third-order valence-corrected chi connectivity index (χ3v) is 4.22. The van der Waals surface area contributed by atoms with E-state index in [1.54, 1.807) is 17.4 Å². The van der Waals surface area contributed by atoms with Gasteiger partial charge in [0.05, 0.1) is 17.4 Å². The maximum Gasteiger partial charge on any atom is 0.151 e. The second kappa shape index (κ2) is 4.94. The van der Waals surface area contributed by atoms with E-state index < -0.39 is 0 Å². The van der Waals surface area contributed by atoms with Gasteiger partial charge in [-0.15, -0.1) is 11.6 Å². The third kappa shape index (κ3) is 2.05. The first kappa shape index (κ1) is 12.6. The van der Waals surface area contributed by atoms with Gasteiger partial charge in [0, 0.05) is 0 Å². The van der Waals surface area contributed by atoms with Gasteiger partial charge < -0.3 is 4.57 Å². The molecule has 0 bridgehead atoms. The van der Waals surface area contributed by atoms with Crippen molar-refractivity contribution in [3.8, 4) is 0 Å². The molecule has 0 N–H and O–H groups in total. The van der Waals surface area contributed by atoms with Crippen LogP contribution in [0.4, 0.5) is 4.39 Å². The fraction of sp³-hybridized carbons (Fsp3) is 0.214. The molecular weight excluding hydrogens is 283 g/mol. The monoisotopic (exact) mass is 294 g/mol. The number of benzene rings is 1. The zero-order valence-electron chi connectivity index (χ0n) is 10.3. The predicted octanol–water partition coefficient (Wildman–Crippen LogP) is 4.59. The summed E-state index contributed by atoms with van der Waals surface area (Å²) in [5.74, 6) is 0.656. The summed E-state index contributed by atoms with van der Waals surface area (Å²) in [5.41, 5.74) is 2.36. The molecule has 3 aromatic rings. The summed E-state index contributed by atoms with van der Waals surface area (Å²) in [5, 5.41) is 4.12. The Kier molecular flexibility index (Phi) is 3.29. The number of halogens is 2. The molecule has 19 heavy (non-hydrogen) atoms.